The second-order valence-corrected chi connectivity index (χ2v) is 6.11. The Kier molecular flexibility index (Phi) is 7.28. The third kappa shape index (κ3) is 5.03. The average molecular weight is 395 g/mol. The standard InChI is InChI=1S/C17H22N6O3.ClH/c1-26-7-6-23-10-12(8-15(23)24)17(25)19-13-4-2-11(3-5-13)16-20-14(9-18)21-22-16;/h2-5,12H,6-10,18H2,1H3,(H,19,25)(H,20,21,22);1H. The molecule has 146 valence electrons. The van der Waals surface area contributed by atoms with E-state index in [-0.39, 0.29) is 36.6 Å². The second-order valence-electron chi connectivity index (χ2n) is 6.11. The lowest BCUT2D eigenvalue weighted by molar-refractivity contribution is -0.128. The van der Waals surface area contributed by atoms with Crippen molar-refractivity contribution < 1.29 is 14.3 Å². The normalized spacial score (nSPS) is 16.3. The molecular weight excluding hydrogens is 372 g/mol. The van der Waals surface area contributed by atoms with E-state index >= 15 is 0 Å². The highest BCUT2D eigenvalue weighted by molar-refractivity contribution is 5.97. The maximum absolute atomic E-state index is 12.4. The number of anilines is 1. The fourth-order valence-corrected chi connectivity index (χ4v) is 2.83. The van der Waals surface area contributed by atoms with E-state index in [4.69, 9.17) is 10.5 Å². The molecule has 1 aliphatic rings. The molecule has 9 nitrogen and oxygen atoms in total. The first-order chi connectivity index (χ1) is 12.6. The summed E-state index contributed by atoms with van der Waals surface area (Å²) in [6, 6.07) is 7.21. The first kappa shape index (κ1) is 20.8. The van der Waals surface area contributed by atoms with E-state index in [1.54, 1.807) is 24.1 Å². The van der Waals surface area contributed by atoms with E-state index in [0.717, 1.165) is 5.56 Å². The maximum Gasteiger partial charge on any atom is 0.229 e. The zero-order chi connectivity index (χ0) is 18.5. The van der Waals surface area contributed by atoms with Gasteiger partial charge in [0.25, 0.3) is 0 Å². The summed E-state index contributed by atoms with van der Waals surface area (Å²) < 4.78 is 4.99. The Bertz CT molecular complexity index is 779. The van der Waals surface area contributed by atoms with E-state index < -0.39 is 0 Å². The van der Waals surface area contributed by atoms with Gasteiger partial charge in [0.05, 0.1) is 19.1 Å². The number of rotatable bonds is 7. The number of likely N-dealkylation sites (tertiary alicyclic amines) is 1. The van der Waals surface area contributed by atoms with Crippen molar-refractivity contribution in [3.63, 3.8) is 0 Å². The Morgan fingerprint density at radius 1 is 1.41 bits per heavy atom. The number of methoxy groups -OCH3 is 1. The minimum absolute atomic E-state index is 0. The first-order valence-electron chi connectivity index (χ1n) is 8.40. The lowest BCUT2D eigenvalue weighted by Gasteiger charge is -2.15. The Morgan fingerprint density at radius 3 is 2.78 bits per heavy atom. The van der Waals surface area contributed by atoms with Gasteiger partial charge in [0.2, 0.25) is 11.8 Å². The number of hydrogen-bond donors (Lipinski definition) is 3. The number of nitrogens with one attached hydrogen (secondary N) is 2. The molecule has 1 aliphatic heterocycles. The predicted octanol–water partition coefficient (Wildman–Crippen LogP) is 0.786. The van der Waals surface area contributed by atoms with Gasteiger partial charge in [-0.25, -0.2) is 4.98 Å². The summed E-state index contributed by atoms with van der Waals surface area (Å²) in [4.78, 5) is 30.3. The third-order valence-corrected chi connectivity index (χ3v) is 4.29. The monoisotopic (exact) mass is 394 g/mol. The number of carbonyl (C=O) groups excluding carboxylic acids is 2. The zero-order valence-electron chi connectivity index (χ0n) is 15.0. The van der Waals surface area contributed by atoms with E-state index in [1.807, 2.05) is 12.1 Å². The quantitative estimate of drug-likeness (QED) is 0.637. The lowest BCUT2D eigenvalue weighted by atomic mass is 10.1. The average Bonchev–Trinajstić information content (AvgIpc) is 3.27. The summed E-state index contributed by atoms with van der Waals surface area (Å²) in [5, 5.41) is 9.71. The number of amides is 2. The smallest absolute Gasteiger partial charge is 0.229 e. The van der Waals surface area contributed by atoms with Crippen LogP contribution in [0.5, 0.6) is 0 Å². The molecule has 2 heterocycles. The van der Waals surface area contributed by atoms with Gasteiger partial charge in [-0.15, -0.1) is 12.4 Å². The number of carbonyl (C=O) groups is 2. The highest BCUT2D eigenvalue weighted by atomic mass is 35.5. The van der Waals surface area contributed by atoms with Crippen LogP contribution in [0.3, 0.4) is 0 Å². The van der Waals surface area contributed by atoms with Crippen LogP contribution in [-0.4, -0.2) is 58.7 Å². The molecule has 0 spiro atoms. The highest BCUT2D eigenvalue weighted by Crippen LogP contribution is 2.21. The van der Waals surface area contributed by atoms with E-state index in [2.05, 4.69) is 20.5 Å². The number of aromatic amines is 1. The fraction of sp³-hybridized carbons (Fsp3) is 0.412. The summed E-state index contributed by atoms with van der Waals surface area (Å²) in [5.74, 6) is 0.645. The number of halogens is 1. The number of hydrogen-bond acceptors (Lipinski definition) is 6. The molecule has 27 heavy (non-hydrogen) atoms. The van der Waals surface area contributed by atoms with Crippen LogP contribution in [-0.2, 0) is 20.9 Å². The molecule has 1 saturated heterocycles. The minimum atomic E-state index is -0.348. The Hall–Kier alpha value is -2.49. The van der Waals surface area contributed by atoms with E-state index in [0.29, 0.717) is 43.6 Å². The lowest BCUT2D eigenvalue weighted by Crippen LogP contribution is -2.30. The molecule has 2 aromatic rings. The van der Waals surface area contributed by atoms with Crippen molar-refractivity contribution in [2.24, 2.45) is 11.7 Å². The SMILES string of the molecule is COCCN1CC(C(=O)Nc2ccc(-c3n[nH]c(CN)n3)cc2)CC1=O.Cl. The number of ether oxygens (including phenoxy) is 1. The predicted molar refractivity (Wildman–Crippen MR) is 102 cm³/mol. The van der Waals surface area contributed by atoms with Crippen molar-refractivity contribution in [2.45, 2.75) is 13.0 Å². The second kappa shape index (κ2) is 9.45. The molecule has 10 heteroatoms. The van der Waals surface area contributed by atoms with Crippen LogP contribution in [0.2, 0.25) is 0 Å². The molecule has 2 amide bonds. The molecule has 0 bridgehead atoms. The molecule has 1 unspecified atom stereocenters. The molecular formula is C17H23ClN6O3. The van der Waals surface area contributed by atoms with Crippen molar-refractivity contribution in [3.8, 4) is 11.4 Å². The van der Waals surface area contributed by atoms with Gasteiger partial charge in [-0.3, -0.25) is 14.7 Å². The van der Waals surface area contributed by atoms with Gasteiger partial charge < -0.3 is 20.7 Å². The molecule has 0 radical (unpaired) electrons. The van der Waals surface area contributed by atoms with Gasteiger partial charge in [-0.05, 0) is 24.3 Å². The summed E-state index contributed by atoms with van der Waals surface area (Å²) in [6.45, 7) is 1.69. The molecule has 1 aromatic heterocycles. The van der Waals surface area contributed by atoms with Gasteiger partial charge in [0.15, 0.2) is 5.82 Å². The van der Waals surface area contributed by atoms with Gasteiger partial charge in [0.1, 0.15) is 5.82 Å². The van der Waals surface area contributed by atoms with Crippen molar-refractivity contribution in [2.75, 3.05) is 32.1 Å². The summed E-state index contributed by atoms with van der Waals surface area (Å²) in [6.07, 6.45) is 0.229. The number of nitrogens with zero attached hydrogens (tertiary/aromatic N) is 3. The zero-order valence-corrected chi connectivity index (χ0v) is 15.8. The van der Waals surface area contributed by atoms with Crippen LogP contribution >= 0.6 is 12.4 Å². The highest BCUT2D eigenvalue weighted by Gasteiger charge is 2.33. The van der Waals surface area contributed by atoms with Crippen LogP contribution in [0.4, 0.5) is 5.69 Å². The third-order valence-electron chi connectivity index (χ3n) is 4.29. The topological polar surface area (TPSA) is 126 Å². The van der Waals surface area contributed by atoms with Crippen molar-refractivity contribution >= 4 is 29.9 Å². The molecule has 1 atom stereocenters. The molecule has 4 N–H and O–H groups in total. The van der Waals surface area contributed by atoms with Crippen molar-refractivity contribution in [1.29, 1.82) is 0 Å². The molecule has 1 fully saturated rings. The fourth-order valence-electron chi connectivity index (χ4n) is 2.83. The number of nitrogens with two attached hydrogens (primary N) is 1. The number of aromatic nitrogens is 3. The van der Waals surface area contributed by atoms with Crippen LogP contribution in [0, 0.1) is 5.92 Å². The first-order valence-corrected chi connectivity index (χ1v) is 8.40. The van der Waals surface area contributed by atoms with Gasteiger partial charge in [-0.2, -0.15) is 5.10 Å². The van der Waals surface area contributed by atoms with Crippen LogP contribution < -0.4 is 11.1 Å². The largest absolute Gasteiger partial charge is 0.383 e. The van der Waals surface area contributed by atoms with Crippen molar-refractivity contribution in [1.82, 2.24) is 20.1 Å². The summed E-state index contributed by atoms with van der Waals surface area (Å²) in [5.41, 5.74) is 6.99. The van der Waals surface area contributed by atoms with Gasteiger partial charge in [-0.1, -0.05) is 0 Å². The van der Waals surface area contributed by atoms with Crippen LogP contribution in [0.15, 0.2) is 24.3 Å². The minimum Gasteiger partial charge on any atom is -0.383 e. The molecule has 1 aromatic carbocycles. The number of benzene rings is 1. The van der Waals surface area contributed by atoms with Gasteiger partial charge >= 0.3 is 0 Å². The maximum atomic E-state index is 12.4. The Labute approximate surface area is 163 Å². The van der Waals surface area contributed by atoms with Crippen LogP contribution in [0.25, 0.3) is 11.4 Å². The van der Waals surface area contributed by atoms with Gasteiger partial charge in [0, 0.05) is 37.9 Å². The Morgan fingerprint density at radius 2 is 2.15 bits per heavy atom. The van der Waals surface area contributed by atoms with Crippen LogP contribution in [0.1, 0.15) is 12.2 Å². The van der Waals surface area contributed by atoms with E-state index in [1.165, 1.54) is 0 Å². The Balaban J connectivity index is 0.00000261. The van der Waals surface area contributed by atoms with E-state index in [9.17, 15) is 9.59 Å². The molecule has 3 rings (SSSR count). The number of H-pyrrole nitrogens is 1. The molecule has 0 saturated carbocycles. The summed E-state index contributed by atoms with van der Waals surface area (Å²) in [7, 11) is 1.59. The van der Waals surface area contributed by atoms with Crippen molar-refractivity contribution in [3.05, 3.63) is 30.1 Å². The molecule has 0 aliphatic carbocycles. The summed E-state index contributed by atoms with van der Waals surface area (Å²) >= 11 is 0.